The van der Waals surface area contributed by atoms with Crippen LogP contribution in [0, 0.1) is 21.7 Å². The van der Waals surface area contributed by atoms with E-state index in [2.05, 4.69) is 10.1 Å². The van der Waals surface area contributed by atoms with Crippen LogP contribution in [0.5, 0.6) is 0 Å². The van der Waals surface area contributed by atoms with Crippen molar-refractivity contribution in [2.75, 3.05) is 11.9 Å². The largest absolute Gasteiger partial charge is 0.452 e. The lowest BCUT2D eigenvalue weighted by Crippen LogP contribution is -2.21. The standard InChI is InChI=1S/C15H10F2N2O5/c16-11-4-2-1-3-10(11)15(21)24-8-14(20)18-9-5-6-12(17)13(7-9)19(22)23/h1-7H,8H2,(H,18,20). The molecule has 0 atom stereocenters. The fourth-order valence-corrected chi connectivity index (χ4v) is 1.76. The van der Waals surface area contributed by atoms with Crippen molar-refractivity contribution in [3.05, 3.63) is 69.8 Å². The third kappa shape index (κ3) is 4.09. The number of esters is 1. The summed E-state index contributed by atoms with van der Waals surface area (Å²) in [5, 5.41) is 12.8. The monoisotopic (exact) mass is 336 g/mol. The van der Waals surface area contributed by atoms with Gasteiger partial charge < -0.3 is 10.1 Å². The average molecular weight is 336 g/mol. The Bertz CT molecular complexity index is 810. The van der Waals surface area contributed by atoms with E-state index in [9.17, 15) is 28.5 Å². The number of nitrogens with one attached hydrogen (secondary N) is 1. The van der Waals surface area contributed by atoms with Crippen molar-refractivity contribution in [1.82, 2.24) is 0 Å². The Balaban J connectivity index is 1.97. The van der Waals surface area contributed by atoms with Gasteiger partial charge in [0.25, 0.3) is 5.91 Å². The summed E-state index contributed by atoms with van der Waals surface area (Å²) in [5.74, 6) is -3.70. The van der Waals surface area contributed by atoms with Crippen LogP contribution in [0.25, 0.3) is 0 Å². The van der Waals surface area contributed by atoms with Gasteiger partial charge in [-0.15, -0.1) is 0 Å². The van der Waals surface area contributed by atoms with E-state index >= 15 is 0 Å². The zero-order valence-electron chi connectivity index (χ0n) is 12.0. The lowest BCUT2D eigenvalue weighted by atomic mass is 10.2. The van der Waals surface area contributed by atoms with E-state index in [-0.39, 0.29) is 11.3 Å². The van der Waals surface area contributed by atoms with Crippen LogP contribution < -0.4 is 5.32 Å². The maximum absolute atomic E-state index is 13.4. The summed E-state index contributed by atoms with van der Waals surface area (Å²) in [7, 11) is 0. The number of nitro benzene ring substituents is 1. The molecule has 0 radical (unpaired) electrons. The molecule has 0 aliphatic heterocycles. The molecular formula is C15H10F2N2O5. The van der Waals surface area contributed by atoms with Crippen LogP contribution in [-0.4, -0.2) is 23.4 Å². The quantitative estimate of drug-likeness (QED) is 0.514. The van der Waals surface area contributed by atoms with Gasteiger partial charge in [-0.2, -0.15) is 4.39 Å². The number of carbonyl (C=O) groups excluding carboxylic acids is 2. The second kappa shape index (κ2) is 7.27. The molecule has 0 saturated heterocycles. The van der Waals surface area contributed by atoms with Gasteiger partial charge in [0, 0.05) is 11.8 Å². The van der Waals surface area contributed by atoms with Gasteiger partial charge in [-0.1, -0.05) is 12.1 Å². The van der Waals surface area contributed by atoms with Crippen LogP contribution in [0.1, 0.15) is 10.4 Å². The molecule has 24 heavy (non-hydrogen) atoms. The molecule has 0 saturated carbocycles. The van der Waals surface area contributed by atoms with Crippen molar-refractivity contribution < 1.29 is 28.0 Å². The maximum atomic E-state index is 13.4. The number of anilines is 1. The van der Waals surface area contributed by atoms with Crippen molar-refractivity contribution in [2.45, 2.75) is 0 Å². The number of ether oxygens (including phenoxy) is 1. The van der Waals surface area contributed by atoms with Crippen molar-refractivity contribution >= 4 is 23.3 Å². The number of nitrogens with zero attached hydrogens (tertiary/aromatic N) is 1. The summed E-state index contributed by atoms with van der Waals surface area (Å²) in [5.41, 5.74) is -1.19. The summed E-state index contributed by atoms with van der Waals surface area (Å²) in [6.07, 6.45) is 0. The van der Waals surface area contributed by atoms with E-state index in [4.69, 9.17) is 0 Å². The highest BCUT2D eigenvalue weighted by atomic mass is 19.1. The minimum Gasteiger partial charge on any atom is -0.452 e. The Hall–Kier alpha value is -3.36. The van der Waals surface area contributed by atoms with Gasteiger partial charge in [0.2, 0.25) is 5.82 Å². The molecule has 7 nitrogen and oxygen atoms in total. The van der Waals surface area contributed by atoms with Gasteiger partial charge in [-0.3, -0.25) is 14.9 Å². The summed E-state index contributed by atoms with van der Waals surface area (Å²) in [6, 6.07) is 7.83. The first kappa shape index (κ1) is 17.0. The Kier molecular flexibility index (Phi) is 5.15. The van der Waals surface area contributed by atoms with E-state index in [0.717, 1.165) is 24.3 Å². The minimum absolute atomic E-state index is 0.0463. The van der Waals surface area contributed by atoms with Crippen molar-refractivity contribution in [3.8, 4) is 0 Å². The van der Waals surface area contributed by atoms with Gasteiger partial charge in [-0.05, 0) is 24.3 Å². The van der Waals surface area contributed by atoms with Gasteiger partial charge in [0.15, 0.2) is 6.61 Å². The third-order valence-electron chi connectivity index (χ3n) is 2.85. The second-order valence-electron chi connectivity index (χ2n) is 4.53. The molecule has 0 aromatic heterocycles. The highest BCUT2D eigenvalue weighted by Crippen LogP contribution is 2.21. The summed E-state index contributed by atoms with van der Waals surface area (Å²) in [6.45, 7) is -0.738. The van der Waals surface area contributed by atoms with E-state index < -0.39 is 40.7 Å². The van der Waals surface area contributed by atoms with Crippen LogP contribution in [0.3, 0.4) is 0 Å². The predicted octanol–water partition coefficient (Wildman–Crippen LogP) is 2.67. The smallest absolute Gasteiger partial charge is 0.341 e. The number of benzene rings is 2. The molecule has 0 spiro atoms. The molecule has 1 amide bonds. The number of nitro groups is 1. The maximum Gasteiger partial charge on any atom is 0.341 e. The number of carbonyl (C=O) groups is 2. The zero-order valence-corrected chi connectivity index (χ0v) is 12.0. The molecule has 0 aliphatic rings. The minimum atomic E-state index is -1.05. The van der Waals surface area contributed by atoms with Crippen molar-refractivity contribution in [1.29, 1.82) is 0 Å². The molecule has 0 bridgehead atoms. The number of amides is 1. The zero-order chi connectivity index (χ0) is 17.7. The first-order valence-corrected chi connectivity index (χ1v) is 6.54. The number of rotatable bonds is 5. The lowest BCUT2D eigenvalue weighted by Gasteiger charge is -2.07. The second-order valence-corrected chi connectivity index (χ2v) is 4.53. The first-order valence-electron chi connectivity index (χ1n) is 6.54. The summed E-state index contributed by atoms with van der Waals surface area (Å²) >= 11 is 0. The molecule has 124 valence electrons. The normalized spacial score (nSPS) is 10.1. The van der Waals surface area contributed by atoms with E-state index in [0.29, 0.717) is 0 Å². The molecular weight excluding hydrogens is 326 g/mol. The van der Waals surface area contributed by atoms with Crippen molar-refractivity contribution in [2.24, 2.45) is 0 Å². The number of hydrogen-bond acceptors (Lipinski definition) is 5. The number of halogens is 2. The first-order chi connectivity index (χ1) is 11.4. The Morgan fingerprint density at radius 3 is 2.50 bits per heavy atom. The molecule has 2 aromatic rings. The fourth-order valence-electron chi connectivity index (χ4n) is 1.76. The molecule has 9 heteroatoms. The van der Waals surface area contributed by atoms with Crippen LogP contribution in [0.2, 0.25) is 0 Å². The van der Waals surface area contributed by atoms with Gasteiger partial charge in [0.1, 0.15) is 5.82 Å². The van der Waals surface area contributed by atoms with Crippen LogP contribution in [0.15, 0.2) is 42.5 Å². The van der Waals surface area contributed by atoms with Crippen LogP contribution in [-0.2, 0) is 9.53 Å². The van der Waals surface area contributed by atoms with Gasteiger partial charge >= 0.3 is 11.7 Å². The molecule has 0 heterocycles. The Labute approximate surface area is 134 Å². The lowest BCUT2D eigenvalue weighted by molar-refractivity contribution is -0.387. The van der Waals surface area contributed by atoms with Crippen molar-refractivity contribution in [3.63, 3.8) is 0 Å². The summed E-state index contributed by atoms with van der Waals surface area (Å²) < 4.78 is 31.2. The summed E-state index contributed by atoms with van der Waals surface area (Å²) in [4.78, 5) is 33.0. The molecule has 1 N–H and O–H groups in total. The number of hydrogen-bond donors (Lipinski definition) is 1. The topological polar surface area (TPSA) is 98.5 Å². The molecule has 2 rings (SSSR count). The van der Waals surface area contributed by atoms with Gasteiger partial charge in [0.05, 0.1) is 10.5 Å². The third-order valence-corrected chi connectivity index (χ3v) is 2.85. The van der Waals surface area contributed by atoms with E-state index in [1.54, 1.807) is 0 Å². The fraction of sp³-hybridized carbons (Fsp3) is 0.0667. The SMILES string of the molecule is O=C(COC(=O)c1ccccc1F)Nc1ccc(F)c([N+](=O)[O-])c1. The molecule has 2 aromatic carbocycles. The Morgan fingerprint density at radius 1 is 1.12 bits per heavy atom. The highest BCUT2D eigenvalue weighted by Gasteiger charge is 2.17. The van der Waals surface area contributed by atoms with Crippen LogP contribution >= 0.6 is 0 Å². The molecule has 0 fully saturated rings. The van der Waals surface area contributed by atoms with E-state index in [1.807, 2.05) is 0 Å². The van der Waals surface area contributed by atoms with Crippen LogP contribution in [0.4, 0.5) is 20.2 Å². The molecule has 0 unspecified atom stereocenters. The van der Waals surface area contributed by atoms with E-state index in [1.165, 1.54) is 18.2 Å². The molecule has 0 aliphatic carbocycles. The predicted molar refractivity (Wildman–Crippen MR) is 78.4 cm³/mol. The Morgan fingerprint density at radius 2 is 1.83 bits per heavy atom. The average Bonchev–Trinajstić information content (AvgIpc) is 2.54. The van der Waals surface area contributed by atoms with Gasteiger partial charge in [-0.25, -0.2) is 9.18 Å². The highest BCUT2D eigenvalue weighted by molar-refractivity contribution is 5.95.